The first-order valence-corrected chi connectivity index (χ1v) is 8.94. The summed E-state index contributed by atoms with van der Waals surface area (Å²) < 4.78 is 0. The van der Waals surface area contributed by atoms with Crippen LogP contribution in [0.3, 0.4) is 0 Å². The van der Waals surface area contributed by atoms with E-state index in [0.29, 0.717) is 0 Å². The maximum absolute atomic E-state index is 6.18. The van der Waals surface area contributed by atoms with Gasteiger partial charge in [0.2, 0.25) is 0 Å². The summed E-state index contributed by atoms with van der Waals surface area (Å²) in [6.45, 7) is 1.93. The SMILES string of the molecule is NCC1(N(Cc2cccs2)C2CC2)CCCSC1. The van der Waals surface area contributed by atoms with Crippen LogP contribution < -0.4 is 5.73 Å². The predicted molar refractivity (Wildman–Crippen MR) is 81.2 cm³/mol. The second kappa shape index (κ2) is 5.53. The molecule has 1 unspecified atom stereocenters. The molecule has 4 heteroatoms. The number of hydrogen-bond donors (Lipinski definition) is 1. The van der Waals surface area contributed by atoms with Crippen molar-refractivity contribution in [1.82, 2.24) is 4.90 Å². The summed E-state index contributed by atoms with van der Waals surface area (Å²) in [5.41, 5.74) is 6.45. The van der Waals surface area contributed by atoms with Gasteiger partial charge in [-0.3, -0.25) is 4.90 Å². The zero-order chi connectivity index (χ0) is 12.4. The van der Waals surface area contributed by atoms with Crippen molar-refractivity contribution < 1.29 is 0 Å². The fourth-order valence-electron chi connectivity index (χ4n) is 2.98. The van der Waals surface area contributed by atoms with E-state index in [1.807, 2.05) is 11.3 Å². The highest BCUT2D eigenvalue weighted by Gasteiger charge is 2.44. The van der Waals surface area contributed by atoms with Crippen molar-refractivity contribution in [2.24, 2.45) is 5.73 Å². The lowest BCUT2D eigenvalue weighted by molar-refractivity contribution is 0.0859. The maximum Gasteiger partial charge on any atom is 0.0428 e. The Bertz CT molecular complexity index is 367. The van der Waals surface area contributed by atoms with E-state index in [9.17, 15) is 0 Å². The van der Waals surface area contributed by atoms with Gasteiger partial charge in [-0.15, -0.1) is 11.3 Å². The molecular weight excluding hydrogens is 260 g/mol. The molecule has 1 saturated carbocycles. The third kappa shape index (κ3) is 2.62. The standard InChI is InChI=1S/C14H22N2S2/c15-10-14(6-2-7-17-11-14)16(12-4-5-12)9-13-3-1-8-18-13/h1,3,8,12H,2,4-7,9-11,15H2. The lowest BCUT2D eigenvalue weighted by Gasteiger charge is -2.46. The van der Waals surface area contributed by atoms with Crippen LogP contribution in [0, 0.1) is 0 Å². The lowest BCUT2D eigenvalue weighted by Crippen LogP contribution is -2.57. The summed E-state index contributed by atoms with van der Waals surface area (Å²) in [4.78, 5) is 4.23. The van der Waals surface area contributed by atoms with Crippen molar-refractivity contribution in [3.8, 4) is 0 Å². The lowest BCUT2D eigenvalue weighted by atomic mass is 9.92. The molecule has 18 heavy (non-hydrogen) atoms. The summed E-state index contributed by atoms with van der Waals surface area (Å²) in [6.07, 6.45) is 5.36. The average Bonchev–Trinajstić information content (AvgIpc) is 3.13. The van der Waals surface area contributed by atoms with Gasteiger partial charge in [0, 0.05) is 35.3 Å². The molecular formula is C14H22N2S2. The second-order valence-corrected chi connectivity index (χ2v) is 7.66. The van der Waals surface area contributed by atoms with Gasteiger partial charge in [-0.1, -0.05) is 6.07 Å². The predicted octanol–water partition coefficient (Wildman–Crippen LogP) is 2.94. The molecule has 2 aliphatic rings. The van der Waals surface area contributed by atoms with Gasteiger partial charge in [0.05, 0.1) is 0 Å². The first-order valence-electron chi connectivity index (χ1n) is 6.91. The topological polar surface area (TPSA) is 29.3 Å². The molecule has 0 amide bonds. The molecule has 1 aromatic rings. The summed E-state index contributed by atoms with van der Waals surface area (Å²) in [5, 5.41) is 2.19. The Morgan fingerprint density at radius 1 is 1.44 bits per heavy atom. The molecule has 1 aliphatic heterocycles. The molecule has 2 fully saturated rings. The summed E-state index contributed by atoms with van der Waals surface area (Å²) in [7, 11) is 0. The molecule has 0 bridgehead atoms. The van der Waals surface area contributed by atoms with Crippen LogP contribution in [0.2, 0.25) is 0 Å². The van der Waals surface area contributed by atoms with Crippen molar-refractivity contribution in [2.75, 3.05) is 18.1 Å². The van der Waals surface area contributed by atoms with E-state index in [0.717, 1.165) is 19.1 Å². The largest absolute Gasteiger partial charge is 0.329 e. The van der Waals surface area contributed by atoms with Crippen molar-refractivity contribution in [1.29, 1.82) is 0 Å². The Morgan fingerprint density at radius 3 is 2.89 bits per heavy atom. The minimum Gasteiger partial charge on any atom is -0.329 e. The zero-order valence-electron chi connectivity index (χ0n) is 10.8. The molecule has 1 aliphatic carbocycles. The smallest absolute Gasteiger partial charge is 0.0428 e. The van der Waals surface area contributed by atoms with Crippen LogP contribution in [0.25, 0.3) is 0 Å². The van der Waals surface area contributed by atoms with Gasteiger partial charge in [0.1, 0.15) is 0 Å². The molecule has 2 nitrogen and oxygen atoms in total. The first kappa shape index (κ1) is 13.0. The third-order valence-electron chi connectivity index (χ3n) is 4.18. The highest BCUT2D eigenvalue weighted by atomic mass is 32.2. The number of nitrogens with two attached hydrogens (primary N) is 1. The van der Waals surface area contributed by atoms with E-state index in [-0.39, 0.29) is 5.54 Å². The summed E-state index contributed by atoms with van der Waals surface area (Å²) in [6, 6.07) is 5.23. The number of rotatable bonds is 5. The van der Waals surface area contributed by atoms with Crippen molar-refractivity contribution in [3.63, 3.8) is 0 Å². The van der Waals surface area contributed by atoms with Crippen LogP contribution in [-0.4, -0.2) is 34.5 Å². The normalized spacial score (nSPS) is 28.8. The fraction of sp³-hybridized carbons (Fsp3) is 0.714. The average molecular weight is 282 g/mol. The monoisotopic (exact) mass is 282 g/mol. The van der Waals surface area contributed by atoms with E-state index in [1.54, 1.807) is 0 Å². The Labute approximate surface area is 118 Å². The van der Waals surface area contributed by atoms with E-state index >= 15 is 0 Å². The van der Waals surface area contributed by atoms with Crippen LogP contribution in [0.1, 0.15) is 30.6 Å². The fourth-order valence-corrected chi connectivity index (χ4v) is 4.99. The van der Waals surface area contributed by atoms with Crippen LogP contribution in [0.5, 0.6) is 0 Å². The quantitative estimate of drug-likeness (QED) is 0.900. The molecule has 0 aromatic carbocycles. The van der Waals surface area contributed by atoms with Crippen LogP contribution >= 0.6 is 23.1 Å². The van der Waals surface area contributed by atoms with Gasteiger partial charge >= 0.3 is 0 Å². The highest BCUT2D eigenvalue weighted by Crippen LogP contribution is 2.40. The van der Waals surface area contributed by atoms with Gasteiger partial charge in [0.25, 0.3) is 0 Å². The molecule has 2 heterocycles. The third-order valence-corrected chi connectivity index (χ3v) is 6.36. The number of nitrogens with zero attached hydrogens (tertiary/aromatic N) is 1. The van der Waals surface area contributed by atoms with E-state index in [4.69, 9.17) is 5.73 Å². The van der Waals surface area contributed by atoms with Gasteiger partial charge < -0.3 is 5.73 Å². The van der Waals surface area contributed by atoms with E-state index in [1.165, 1.54) is 42.1 Å². The molecule has 0 spiro atoms. The number of thioether (sulfide) groups is 1. The van der Waals surface area contributed by atoms with E-state index in [2.05, 4.69) is 34.2 Å². The van der Waals surface area contributed by atoms with Crippen LogP contribution in [-0.2, 0) is 6.54 Å². The number of thiophene rings is 1. The van der Waals surface area contributed by atoms with E-state index < -0.39 is 0 Å². The minimum absolute atomic E-state index is 0.272. The van der Waals surface area contributed by atoms with Gasteiger partial charge in [0.15, 0.2) is 0 Å². The molecule has 1 aromatic heterocycles. The van der Waals surface area contributed by atoms with Gasteiger partial charge in [-0.05, 0) is 42.9 Å². The zero-order valence-corrected chi connectivity index (χ0v) is 12.4. The van der Waals surface area contributed by atoms with Crippen LogP contribution in [0.4, 0.5) is 0 Å². The highest BCUT2D eigenvalue weighted by molar-refractivity contribution is 7.99. The molecule has 3 rings (SSSR count). The van der Waals surface area contributed by atoms with Gasteiger partial charge in [-0.2, -0.15) is 11.8 Å². The van der Waals surface area contributed by atoms with Crippen LogP contribution in [0.15, 0.2) is 17.5 Å². The number of hydrogen-bond acceptors (Lipinski definition) is 4. The maximum atomic E-state index is 6.18. The Hall–Kier alpha value is -0.0300. The Balaban J connectivity index is 1.78. The molecule has 1 saturated heterocycles. The minimum atomic E-state index is 0.272. The molecule has 1 atom stereocenters. The Morgan fingerprint density at radius 2 is 2.33 bits per heavy atom. The summed E-state index contributed by atoms with van der Waals surface area (Å²) >= 11 is 3.97. The van der Waals surface area contributed by atoms with Crippen molar-refractivity contribution >= 4 is 23.1 Å². The molecule has 0 radical (unpaired) electrons. The first-order chi connectivity index (χ1) is 8.84. The second-order valence-electron chi connectivity index (χ2n) is 5.52. The van der Waals surface area contributed by atoms with Crippen molar-refractivity contribution in [3.05, 3.63) is 22.4 Å². The Kier molecular flexibility index (Phi) is 3.99. The van der Waals surface area contributed by atoms with Gasteiger partial charge in [-0.25, -0.2) is 0 Å². The molecule has 2 N–H and O–H groups in total. The van der Waals surface area contributed by atoms with Crippen molar-refractivity contribution in [2.45, 2.75) is 43.8 Å². The molecule has 100 valence electrons. The summed E-state index contributed by atoms with van der Waals surface area (Å²) in [5.74, 6) is 2.55.